The SMILES string of the molecule is CS(=O)(=O)c1nsc(NC(=O)C(C#N)=Cc2ccc(OC(=O)c3cccs3)cc2)n1. The lowest BCUT2D eigenvalue weighted by molar-refractivity contribution is -0.112. The van der Waals surface area contributed by atoms with Crippen LogP contribution in [0.5, 0.6) is 5.75 Å². The Kier molecular flexibility index (Phi) is 6.36. The molecule has 0 saturated heterocycles. The molecular formula is C18H12N4O5S3. The van der Waals surface area contributed by atoms with Crippen molar-refractivity contribution in [1.29, 1.82) is 5.26 Å². The number of sulfone groups is 1. The van der Waals surface area contributed by atoms with E-state index in [1.165, 1.54) is 29.5 Å². The van der Waals surface area contributed by atoms with Crippen LogP contribution >= 0.6 is 22.9 Å². The zero-order valence-corrected chi connectivity index (χ0v) is 17.7. The number of aromatic nitrogens is 2. The van der Waals surface area contributed by atoms with Crippen molar-refractivity contribution < 1.29 is 22.7 Å². The first kappa shape index (κ1) is 21.3. The number of esters is 1. The lowest BCUT2D eigenvalue weighted by Gasteiger charge is -2.03. The molecule has 3 rings (SSSR count). The second kappa shape index (κ2) is 8.95. The summed E-state index contributed by atoms with van der Waals surface area (Å²) in [6.07, 6.45) is 2.28. The summed E-state index contributed by atoms with van der Waals surface area (Å²) in [6.45, 7) is 0. The fourth-order valence-electron chi connectivity index (χ4n) is 2.08. The second-order valence-electron chi connectivity index (χ2n) is 5.71. The molecule has 30 heavy (non-hydrogen) atoms. The summed E-state index contributed by atoms with van der Waals surface area (Å²) < 4.78 is 31.7. The van der Waals surface area contributed by atoms with Crippen LogP contribution in [0, 0.1) is 11.3 Å². The van der Waals surface area contributed by atoms with Gasteiger partial charge in [-0.2, -0.15) is 14.6 Å². The summed E-state index contributed by atoms with van der Waals surface area (Å²) in [5, 5.41) is 12.9. The minimum absolute atomic E-state index is 0.0441. The van der Waals surface area contributed by atoms with E-state index in [1.54, 1.807) is 35.7 Å². The molecule has 2 aromatic heterocycles. The number of nitrogens with zero attached hydrogens (tertiary/aromatic N) is 3. The zero-order valence-electron chi connectivity index (χ0n) is 15.2. The van der Waals surface area contributed by atoms with Crippen molar-refractivity contribution >= 4 is 55.8 Å². The van der Waals surface area contributed by atoms with E-state index in [-0.39, 0.29) is 10.7 Å². The van der Waals surface area contributed by atoms with E-state index in [9.17, 15) is 23.3 Å². The smallest absolute Gasteiger partial charge is 0.353 e. The van der Waals surface area contributed by atoms with Crippen LogP contribution in [0.4, 0.5) is 5.13 Å². The maximum Gasteiger partial charge on any atom is 0.353 e. The molecule has 1 aromatic carbocycles. The van der Waals surface area contributed by atoms with Gasteiger partial charge in [-0.05, 0) is 35.2 Å². The number of carbonyl (C=O) groups excluding carboxylic acids is 2. The number of hydrogen-bond acceptors (Lipinski definition) is 10. The van der Waals surface area contributed by atoms with Crippen molar-refractivity contribution in [1.82, 2.24) is 9.36 Å². The van der Waals surface area contributed by atoms with Crippen molar-refractivity contribution in [2.24, 2.45) is 0 Å². The molecule has 12 heteroatoms. The molecule has 1 N–H and O–H groups in total. The number of rotatable bonds is 6. The van der Waals surface area contributed by atoms with Gasteiger partial charge >= 0.3 is 5.97 Å². The van der Waals surface area contributed by atoms with Gasteiger partial charge in [-0.1, -0.05) is 18.2 Å². The molecule has 0 atom stereocenters. The Bertz CT molecular complexity index is 1250. The van der Waals surface area contributed by atoms with Crippen LogP contribution in [-0.2, 0) is 14.6 Å². The lowest BCUT2D eigenvalue weighted by atomic mass is 10.1. The topological polar surface area (TPSA) is 139 Å². The number of hydrogen-bond donors (Lipinski definition) is 1. The number of carbonyl (C=O) groups is 2. The monoisotopic (exact) mass is 460 g/mol. The largest absolute Gasteiger partial charge is 0.422 e. The van der Waals surface area contributed by atoms with Crippen molar-refractivity contribution in [2.45, 2.75) is 5.16 Å². The van der Waals surface area contributed by atoms with Crippen molar-refractivity contribution in [2.75, 3.05) is 11.6 Å². The molecule has 0 saturated carbocycles. The number of nitriles is 1. The molecule has 0 bridgehead atoms. The summed E-state index contributed by atoms with van der Waals surface area (Å²) in [5.41, 5.74) is 0.293. The number of anilines is 1. The summed E-state index contributed by atoms with van der Waals surface area (Å²) in [4.78, 5) is 28.4. The van der Waals surface area contributed by atoms with E-state index in [0.29, 0.717) is 27.7 Å². The molecule has 0 aliphatic heterocycles. The van der Waals surface area contributed by atoms with Crippen LogP contribution in [-0.4, -0.2) is 35.9 Å². The summed E-state index contributed by atoms with van der Waals surface area (Å²) in [7, 11) is -3.60. The molecule has 9 nitrogen and oxygen atoms in total. The number of nitrogens with one attached hydrogen (secondary N) is 1. The van der Waals surface area contributed by atoms with Gasteiger partial charge in [-0.3, -0.25) is 10.1 Å². The molecule has 0 spiro atoms. The summed E-state index contributed by atoms with van der Waals surface area (Å²) in [6, 6.07) is 11.4. The van der Waals surface area contributed by atoms with E-state index in [2.05, 4.69) is 14.7 Å². The van der Waals surface area contributed by atoms with Gasteiger partial charge in [0.25, 0.3) is 11.1 Å². The normalized spacial score (nSPS) is 11.5. The number of amides is 1. The van der Waals surface area contributed by atoms with Gasteiger partial charge < -0.3 is 4.74 Å². The molecule has 0 radical (unpaired) electrons. The first-order valence-corrected chi connectivity index (χ1v) is 11.6. The van der Waals surface area contributed by atoms with Crippen LogP contribution in [0.2, 0.25) is 0 Å². The third kappa shape index (κ3) is 5.35. The van der Waals surface area contributed by atoms with Gasteiger partial charge in [0.1, 0.15) is 22.3 Å². The maximum atomic E-state index is 12.3. The lowest BCUT2D eigenvalue weighted by Crippen LogP contribution is -2.13. The highest BCUT2D eigenvalue weighted by atomic mass is 32.2. The standard InChI is InChI=1S/C18H12N4O5S3/c1-30(25,26)18-21-17(29-22-18)20-15(23)12(10-19)9-11-4-6-13(7-5-11)27-16(24)14-3-2-8-28-14/h2-9H,1H3,(H,20,21,22,23). The van der Waals surface area contributed by atoms with Gasteiger partial charge in [0.2, 0.25) is 15.0 Å². The van der Waals surface area contributed by atoms with Crippen molar-refractivity contribution in [3.63, 3.8) is 0 Å². The third-order valence-electron chi connectivity index (χ3n) is 3.45. The van der Waals surface area contributed by atoms with E-state index >= 15 is 0 Å². The van der Waals surface area contributed by atoms with E-state index < -0.39 is 26.9 Å². The zero-order chi connectivity index (χ0) is 21.7. The van der Waals surface area contributed by atoms with Gasteiger partial charge in [-0.15, -0.1) is 11.3 Å². The number of ether oxygens (including phenoxy) is 1. The van der Waals surface area contributed by atoms with E-state index in [0.717, 1.165) is 6.26 Å². The van der Waals surface area contributed by atoms with Crippen LogP contribution in [0.3, 0.4) is 0 Å². The van der Waals surface area contributed by atoms with E-state index in [1.807, 2.05) is 0 Å². The molecule has 0 aliphatic rings. The molecule has 1 amide bonds. The van der Waals surface area contributed by atoms with Gasteiger partial charge in [0, 0.05) is 17.8 Å². The minimum Gasteiger partial charge on any atom is -0.422 e. The van der Waals surface area contributed by atoms with Crippen LogP contribution in [0.15, 0.2) is 52.5 Å². The summed E-state index contributed by atoms with van der Waals surface area (Å²) >= 11 is 1.95. The van der Waals surface area contributed by atoms with Crippen molar-refractivity contribution in [3.05, 3.63) is 57.8 Å². The Morgan fingerprint density at radius 1 is 1.23 bits per heavy atom. The molecule has 3 aromatic rings. The Morgan fingerprint density at radius 2 is 1.97 bits per heavy atom. The highest BCUT2D eigenvalue weighted by molar-refractivity contribution is 7.90. The Balaban J connectivity index is 1.69. The predicted octanol–water partition coefficient (Wildman–Crippen LogP) is 2.77. The minimum atomic E-state index is -3.60. The summed E-state index contributed by atoms with van der Waals surface area (Å²) in [5.74, 6) is -0.923. The first-order valence-electron chi connectivity index (χ1n) is 8.09. The molecule has 2 heterocycles. The molecule has 152 valence electrons. The van der Waals surface area contributed by atoms with Gasteiger partial charge in [-0.25, -0.2) is 13.2 Å². The fourth-order valence-corrected chi connectivity index (χ4v) is 4.11. The van der Waals surface area contributed by atoms with Gasteiger partial charge in [0.05, 0.1) is 0 Å². The van der Waals surface area contributed by atoms with Crippen LogP contribution < -0.4 is 10.1 Å². The second-order valence-corrected chi connectivity index (χ2v) is 9.32. The average Bonchev–Trinajstić information content (AvgIpc) is 3.39. The predicted molar refractivity (Wildman–Crippen MR) is 111 cm³/mol. The van der Waals surface area contributed by atoms with Gasteiger partial charge in [0.15, 0.2) is 0 Å². The highest BCUT2D eigenvalue weighted by Gasteiger charge is 2.17. The average molecular weight is 461 g/mol. The van der Waals surface area contributed by atoms with E-state index in [4.69, 9.17) is 4.74 Å². The quantitative estimate of drug-likeness (QED) is 0.256. The maximum absolute atomic E-state index is 12.3. The van der Waals surface area contributed by atoms with Crippen molar-refractivity contribution in [3.8, 4) is 11.8 Å². The third-order valence-corrected chi connectivity index (χ3v) is 5.89. The highest BCUT2D eigenvalue weighted by Crippen LogP contribution is 2.19. The number of benzene rings is 1. The molecule has 0 fully saturated rings. The Labute approximate surface area is 179 Å². The molecule has 0 aliphatic carbocycles. The fraction of sp³-hybridized carbons (Fsp3) is 0.0556. The molecular weight excluding hydrogens is 448 g/mol. The first-order chi connectivity index (χ1) is 14.3. The van der Waals surface area contributed by atoms with Crippen LogP contribution in [0.1, 0.15) is 15.2 Å². The molecule has 0 unspecified atom stereocenters. The Hall–Kier alpha value is -3.40. The Morgan fingerprint density at radius 3 is 2.53 bits per heavy atom. The number of thiophene rings is 1. The van der Waals surface area contributed by atoms with Crippen LogP contribution in [0.25, 0.3) is 6.08 Å².